The standard InChI is InChI=1S/C16H20N2O2/c1-12-5-6-13(9-14(12)20-2)10-18-15(19)16(11-17)7-3-4-8-16/h5-6,9H,3-4,7-8,10H2,1-2H3,(H,18,19). The molecule has 0 saturated heterocycles. The zero-order valence-corrected chi connectivity index (χ0v) is 12.0. The summed E-state index contributed by atoms with van der Waals surface area (Å²) in [5.74, 6) is 0.671. The molecular weight excluding hydrogens is 252 g/mol. The predicted octanol–water partition coefficient (Wildman–Crippen LogP) is 2.70. The van der Waals surface area contributed by atoms with Crippen LogP contribution in [-0.4, -0.2) is 13.0 Å². The van der Waals surface area contributed by atoms with Crippen LogP contribution in [0.3, 0.4) is 0 Å². The highest BCUT2D eigenvalue weighted by atomic mass is 16.5. The Kier molecular flexibility index (Phi) is 4.29. The Hall–Kier alpha value is -2.02. The van der Waals surface area contributed by atoms with Gasteiger partial charge in [-0.05, 0) is 37.0 Å². The summed E-state index contributed by atoms with van der Waals surface area (Å²) < 4.78 is 5.27. The average molecular weight is 272 g/mol. The van der Waals surface area contributed by atoms with E-state index in [1.165, 1.54) is 0 Å². The van der Waals surface area contributed by atoms with Crippen molar-refractivity contribution in [1.29, 1.82) is 5.26 Å². The van der Waals surface area contributed by atoms with E-state index >= 15 is 0 Å². The van der Waals surface area contributed by atoms with E-state index in [-0.39, 0.29) is 5.91 Å². The van der Waals surface area contributed by atoms with Crippen molar-refractivity contribution in [3.05, 3.63) is 29.3 Å². The molecule has 0 heterocycles. The molecule has 0 aromatic heterocycles. The molecule has 1 fully saturated rings. The molecule has 1 aromatic rings. The van der Waals surface area contributed by atoms with Crippen LogP contribution >= 0.6 is 0 Å². The summed E-state index contributed by atoms with van der Waals surface area (Å²) in [6.07, 6.45) is 3.26. The van der Waals surface area contributed by atoms with Gasteiger partial charge in [0.25, 0.3) is 0 Å². The highest BCUT2D eigenvalue weighted by Gasteiger charge is 2.41. The van der Waals surface area contributed by atoms with Gasteiger partial charge in [0.05, 0.1) is 13.2 Å². The van der Waals surface area contributed by atoms with E-state index in [2.05, 4.69) is 11.4 Å². The van der Waals surface area contributed by atoms with Crippen LogP contribution in [0.4, 0.5) is 0 Å². The van der Waals surface area contributed by atoms with Gasteiger partial charge in [-0.15, -0.1) is 0 Å². The van der Waals surface area contributed by atoms with Crippen LogP contribution in [-0.2, 0) is 11.3 Å². The van der Waals surface area contributed by atoms with Gasteiger partial charge in [0.1, 0.15) is 11.2 Å². The van der Waals surface area contributed by atoms with Gasteiger partial charge >= 0.3 is 0 Å². The van der Waals surface area contributed by atoms with E-state index in [1.807, 2.05) is 25.1 Å². The van der Waals surface area contributed by atoms with E-state index in [1.54, 1.807) is 7.11 Å². The fourth-order valence-electron chi connectivity index (χ4n) is 2.69. The van der Waals surface area contributed by atoms with Crippen LogP contribution in [0, 0.1) is 23.7 Å². The van der Waals surface area contributed by atoms with E-state index in [0.29, 0.717) is 19.4 Å². The number of hydrogen-bond acceptors (Lipinski definition) is 3. The molecule has 0 radical (unpaired) electrons. The van der Waals surface area contributed by atoms with Crippen LogP contribution in [0.1, 0.15) is 36.8 Å². The molecule has 20 heavy (non-hydrogen) atoms. The maximum Gasteiger partial charge on any atom is 0.240 e. The lowest BCUT2D eigenvalue weighted by molar-refractivity contribution is -0.128. The lowest BCUT2D eigenvalue weighted by atomic mass is 9.87. The second kappa shape index (κ2) is 5.96. The lowest BCUT2D eigenvalue weighted by Crippen LogP contribution is -2.37. The molecule has 0 aliphatic heterocycles. The van der Waals surface area contributed by atoms with Gasteiger partial charge in [-0.1, -0.05) is 25.0 Å². The molecule has 1 saturated carbocycles. The number of carbonyl (C=O) groups is 1. The van der Waals surface area contributed by atoms with Crippen molar-refractivity contribution in [3.63, 3.8) is 0 Å². The molecule has 1 aliphatic rings. The van der Waals surface area contributed by atoms with E-state index in [9.17, 15) is 10.1 Å². The van der Waals surface area contributed by atoms with Crippen molar-refractivity contribution in [1.82, 2.24) is 5.32 Å². The number of hydrogen-bond donors (Lipinski definition) is 1. The van der Waals surface area contributed by atoms with Crippen LogP contribution < -0.4 is 10.1 Å². The van der Waals surface area contributed by atoms with Crippen LogP contribution in [0.25, 0.3) is 0 Å². The minimum atomic E-state index is -0.811. The highest BCUT2D eigenvalue weighted by Crippen LogP contribution is 2.37. The first kappa shape index (κ1) is 14.4. The van der Waals surface area contributed by atoms with E-state index in [0.717, 1.165) is 29.7 Å². The molecule has 0 bridgehead atoms. The van der Waals surface area contributed by atoms with Gasteiger partial charge in [-0.25, -0.2) is 0 Å². The fraction of sp³-hybridized carbons (Fsp3) is 0.500. The normalized spacial score (nSPS) is 16.4. The summed E-state index contributed by atoms with van der Waals surface area (Å²) >= 11 is 0. The first-order valence-corrected chi connectivity index (χ1v) is 6.94. The predicted molar refractivity (Wildman–Crippen MR) is 76.1 cm³/mol. The third-order valence-corrected chi connectivity index (χ3v) is 4.03. The summed E-state index contributed by atoms with van der Waals surface area (Å²) in [6, 6.07) is 8.06. The number of carbonyl (C=O) groups excluding carboxylic acids is 1. The summed E-state index contributed by atoms with van der Waals surface area (Å²) in [4.78, 5) is 12.2. The molecule has 1 N–H and O–H groups in total. The van der Waals surface area contributed by atoms with Crippen LogP contribution in [0.2, 0.25) is 0 Å². The minimum absolute atomic E-state index is 0.142. The molecule has 106 valence electrons. The number of methoxy groups -OCH3 is 1. The van der Waals surface area contributed by atoms with E-state index < -0.39 is 5.41 Å². The summed E-state index contributed by atoms with van der Waals surface area (Å²) in [6.45, 7) is 2.41. The molecule has 4 heteroatoms. The van der Waals surface area contributed by atoms with Gasteiger partial charge in [-0.3, -0.25) is 4.79 Å². The molecule has 1 amide bonds. The van der Waals surface area contributed by atoms with E-state index in [4.69, 9.17) is 4.74 Å². The van der Waals surface area contributed by atoms with Gasteiger partial charge in [0, 0.05) is 6.54 Å². The average Bonchev–Trinajstić information content (AvgIpc) is 2.96. The number of nitriles is 1. The zero-order valence-electron chi connectivity index (χ0n) is 12.0. The number of nitrogens with one attached hydrogen (secondary N) is 1. The second-order valence-corrected chi connectivity index (χ2v) is 5.39. The van der Waals surface area contributed by atoms with Crippen LogP contribution in [0.5, 0.6) is 5.75 Å². The number of aryl methyl sites for hydroxylation is 1. The van der Waals surface area contributed by atoms with Crippen molar-refractivity contribution >= 4 is 5.91 Å². The van der Waals surface area contributed by atoms with Gasteiger partial charge in [0.15, 0.2) is 0 Å². The topological polar surface area (TPSA) is 62.1 Å². The third kappa shape index (κ3) is 2.77. The lowest BCUT2D eigenvalue weighted by Gasteiger charge is -2.19. The Morgan fingerprint density at radius 3 is 2.75 bits per heavy atom. The Bertz CT molecular complexity index is 540. The number of nitrogens with zero attached hydrogens (tertiary/aromatic N) is 1. The fourth-order valence-corrected chi connectivity index (χ4v) is 2.69. The number of ether oxygens (including phenoxy) is 1. The monoisotopic (exact) mass is 272 g/mol. The minimum Gasteiger partial charge on any atom is -0.496 e. The Morgan fingerprint density at radius 2 is 2.15 bits per heavy atom. The van der Waals surface area contributed by atoms with Crippen molar-refractivity contribution in [2.24, 2.45) is 5.41 Å². The number of benzene rings is 1. The molecule has 0 atom stereocenters. The van der Waals surface area contributed by atoms with Crippen molar-refractivity contribution in [3.8, 4) is 11.8 Å². The second-order valence-electron chi connectivity index (χ2n) is 5.39. The zero-order chi connectivity index (χ0) is 14.6. The molecule has 0 spiro atoms. The Morgan fingerprint density at radius 1 is 1.45 bits per heavy atom. The quantitative estimate of drug-likeness (QED) is 0.916. The summed E-state index contributed by atoms with van der Waals surface area (Å²) in [5.41, 5.74) is 1.23. The van der Waals surface area contributed by atoms with Crippen molar-refractivity contribution in [2.75, 3.05) is 7.11 Å². The summed E-state index contributed by atoms with van der Waals surface area (Å²) in [7, 11) is 1.63. The highest BCUT2D eigenvalue weighted by molar-refractivity contribution is 5.85. The van der Waals surface area contributed by atoms with Gasteiger partial charge < -0.3 is 10.1 Å². The third-order valence-electron chi connectivity index (χ3n) is 4.03. The smallest absolute Gasteiger partial charge is 0.240 e. The van der Waals surface area contributed by atoms with Gasteiger partial charge in [-0.2, -0.15) is 5.26 Å². The van der Waals surface area contributed by atoms with Crippen molar-refractivity contribution in [2.45, 2.75) is 39.2 Å². The van der Waals surface area contributed by atoms with Gasteiger partial charge in [0.2, 0.25) is 5.91 Å². The van der Waals surface area contributed by atoms with Crippen molar-refractivity contribution < 1.29 is 9.53 Å². The maximum atomic E-state index is 12.2. The Balaban J connectivity index is 2.02. The first-order valence-electron chi connectivity index (χ1n) is 6.94. The molecule has 1 aromatic carbocycles. The summed E-state index contributed by atoms with van der Waals surface area (Å²) in [5, 5.41) is 12.2. The molecular formula is C16H20N2O2. The molecule has 4 nitrogen and oxygen atoms in total. The largest absolute Gasteiger partial charge is 0.496 e. The molecule has 2 rings (SSSR count). The first-order chi connectivity index (χ1) is 9.61. The van der Waals surface area contributed by atoms with Crippen LogP contribution in [0.15, 0.2) is 18.2 Å². The Labute approximate surface area is 119 Å². The number of amides is 1. The maximum absolute atomic E-state index is 12.2. The number of rotatable bonds is 4. The molecule has 1 aliphatic carbocycles. The molecule has 0 unspecified atom stereocenters. The SMILES string of the molecule is COc1cc(CNC(=O)C2(C#N)CCCC2)ccc1C.